The zero-order valence-corrected chi connectivity index (χ0v) is 11.7. The molecule has 0 aromatic carbocycles. The summed E-state index contributed by atoms with van der Waals surface area (Å²) in [6.07, 6.45) is 3.79. The summed E-state index contributed by atoms with van der Waals surface area (Å²) in [4.78, 5) is 4.87. The predicted molar refractivity (Wildman–Crippen MR) is 74.5 cm³/mol. The maximum atomic E-state index is 13.4. The number of hydrogen-bond acceptors (Lipinski definition) is 2. The van der Waals surface area contributed by atoms with Crippen molar-refractivity contribution in [3.63, 3.8) is 0 Å². The van der Waals surface area contributed by atoms with Gasteiger partial charge in [0.15, 0.2) is 0 Å². The van der Waals surface area contributed by atoms with Gasteiger partial charge >= 0.3 is 0 Å². The minimum Gasteiger partial charge on any atom is -0.372 e. The Kier molecular flexibility index (Phi) is 2.28. The van der Waals surface area contributed by atoms with Gasteiger partial charge in [0.05, 0.1) is 0 Å². The first-order chi connectivity index (χ1) is 9.03. The molecule has 0 aromatic heterocycles. The molecule has 0 amide bonds. The van der Waals surface area contributed by atoms with Crippen LogP contribution in [0.2, 0.25) is 0 Å². The van der Waals surface area contributed by atoms with Crippen LogP contribution in [0.25, 0.3) is 0 Å². The smallest absolute Gasteiger partial charge is 0.119 e. The first-order valence-electron chi connectivity index (χ1n) is 7.55. The number of likely N-dealkylation sites (tertiary alicyclic amines) is 1. The number of piperidine rings is 1. The third kappa shape index (κ3) is 1.35. The van der Waals surface area contributed by atoms with Gasteiger partial charge < -0.3 is 4.90 Å². The molecule has 4 fully saturated rings. The van der Waals surface area contributed by atoms with E-state index in [-0.39, 0.29) is 0 Å². The van der Waals surface area contributed by atoms with Crippen LogP contribution in [0.4, 0.5) is 4.39 Å². The molecular weight excluding hydrogens is 239 g/mol. The first kappa shape index (κ1) is 12.0. The fourth-order valence-electron chi connectivity index (χ4n) is 5.06. The van der Waals surface area contributed by atoms with E-state index in [1.807, 2.05) is 0 Å². The van der Waals surface area contributed by atoms with Crippen molar-refractivity contribution in [3.05, 3.63) is 24.4 Å². The van der Waals surface area contributed by atoms with Gasteiger partial charge in [-0.2, -0.15) is 0 Å². The number of nitrogens with zero attached hydrogens (tertiary/aromatic N) is 2. The first-order valence-corrected chi connectivity index (χ1v) is 7.55. The van der Waals surface area contributed by atoms with Crippen LogP contribution >= 0.6 is 0 Å². The lowest BCUT2D eigenvalue weighted by molar-refractivity contribution is -0.144. The molecular formula is C16H23FN2. The molecule has 4 aliphatic heterocycles. The van der Waals surface area contributed by atoms with Gasteiger partial charge in [0.25, 0.3) is 0 Å². The molecule has 3 heteroatoms. The minimum absolute atomic E-state index is 0.331. The second-order valence-electron chi connectivity index (χ2n) is 7.01. The summed E-state index contributed by atoms with van der Waals surface area (Å²) in [6, 6.07) is 1.39. The average molecular weight is 262 g/mol. The van der Waals surface area contributed by atoms with E-state index in [0.29, 0.717) is 30.5 Å². The van der Waals surface area contributed by atoms with Crippen LogP contribution in [-0.2, 0) is 0 Å². The quantitative estimate of drug-likeness (QED) is 0.722. The predicted octanol–water partition coefficient (Wildman–Crippen LogP) is 2.73. The molecule has 5 atom stereocenters. The van der Waals surface area contributed by atoms with Crippen LogP contribution in [0.5, 0.6) is 0 Å². The summed E-state index contributed by atoms with van der Waals surface area (Å²) in [5, 5.41) is 0. The minimum atomic E-state index is -0.647. The summed E-state index contributed by atoms with van der Waals surface area (Å²) in [7, 11) is 0. The molecule has 5 unspecified atom stereocenters. The molecule has 4 heterocycles. The highest BCUT2D eigenvalue weighted by Crippen LogP contribution is 2.64. The van der Waals surface area contributed by atoms with E-state index in [1.165, 1.54) is 30.5 Å². The van der Waals surface area contributed by atoms with Gasteiger partial charge in [-0.15, -0.1) is 0 Å². The van der Waals surface area contributed by atoms with Crippen molar-refractivity contribution in [1.82, 2.24) is 9.80 Å². The molecule has 4 aliphatic rings. The summed E-state index contributed by atoms with van der Waals surface area (Å²) in [5.74, 6) is 0.560. The molecule has 0 radical (unpaired) electrons. The van der Waals surface area contributed by atoms with Crippen LogP contribution in [0, 0.1) is 5.92 Å². The lowest BCUT2D eigenvalue weighted by Gasteiger charge is -2.68. The molecule has 0 spiro atoms. The van der Waals surface area contributed by atoms with Crippen molar-refractivity contribution < 1.29 is 4.39 Å². The Bertz CT molecular complexity index is 460. The van der Waals surface area contributed by atoms with Gasteiger partial charge in [-0.05, 0) is 32.6 Å². The Morgan fingerprint density at radius 2 is 2.11 bits per heavy atom. The van der Waals surface area contributed by atoms with Crippen LogP contribution < -0.4 is 0 Å². The molecule has 4 rings (SSSR count). The molecule has 0 bridgehead atoms. The molecule has 0 N–H and O–H groups in total. The van der Waals surface area contributed by atoms with Gasteiger partial charge in [-0.25, -0.2) is 4.39 Å². The van der Waals surface area contributed by atoms with Crippen molar-refractivity contribution >= 4 is 0 Å². The van der Waals surface area contributed by atoms with E-state index in [0.717, 1.165) is 12.6 Å². The van der Waals surface area contributed by atoms with Crippen molar-refractivity contribution in [3.8, 4) is 0 Å². The zero-order chi connectivity index (χ0) is 13.4. The largest absolute Gasteiger partial charge is 0.372 e. The maximum absolute atomic E-state index is 13.4. The highest BCUT2D eigenvalue weighted by molar-refractivity contribution is 5.36. The van der Waals surface area contributed by atoms with E-state index in [1.54, 1.807) is 0 Å². The van der Waals surface area contributed by atoms with E-state index in [9.17, 15) is 4.39 Å². The van der Waals surface area contributed by atoms with Crippen molar-refractivity contribution in [2.45, 2.75) is 56.4 Å². The number of halogens is 1. The Morgan fingerprint density at radius 1 is 1.32 bits per heavy atom. The Labute approximate surface area is 114 Å². The fourth-order valence-corrected chi connectivity index (χ4v) is 5.06. The van der Waals surface area contributed by atoms with Gasteiger partial charge in [-0.3, -0.25) is 4.90 Å². The van der Waals surface area contributed by atoms with Crippen molar-refractivity contribution in [2.24, 2.45) is 5.92 Å². The highest BCUT2D eigenvalue weighted by atomic mass is 19.1. The highest BCUT2D eigenvalue weighted by Gasteiger charge is 2.69. The fraction of sp³-hybridized carbons (Fsp3) is 0.750. The van der Waals surface area contributed by atoms with Crippen molar-refractivity contribution in [2.75, 3.05) is 13.1 Å². The van der Waals surface area contributed by atoms with Gasteiger partial charge in [0, 0.05) is 42.3 Å². The van der Waals surface area contributed by atoms with E-state index >= 15 is 0 Å². The number of rotatable bonds is 3. The molecule has 2 nitrogen and oxygen atoms in total. The number of alkyl halides is 1. The standard InChI is InChI=1S/C16H23FN2/c1-10(2)16-7-13-6-14(15(8-16)19(13)16)11(3)18-5-4-12(17)9-18/h12-15H,1,3-9H2,2H3. The summed E-state index contributed by atoms with van der Waals surface area (Å²) < 4.78 is 13.4. The molecule has 0 saturated carbocycles. The van der Waals surface area contributed by atoms with Gasteiger partial charge in [-0.1, -0.05) is 18.7 Å². The lowest BCUT2D eigenvalue weighted by atomic mass is 9.64. The van der Waals surface area contributed by atoms with E-state index < -0.39 is 6.17 Å². The summed E-state index contributed by atoms with van der Waals surface area (Å²) in [5.41, 5.74) is 2.86. The zero-order valence-electron chi connectivity index (χ0n) is 11.7. The molecule has 0 aromatic rings. The Morgan fingerprint density at radius 3 is 2.74 bits per heavy atom. The van der Waals surface area contributed by atoms with Crippen LogP contribution in [0.15, 0.2) is 24.4 Å². The second-order valence-corrected chi connectivity index (χ2v) is 7.01. The van der Waals surface area contributed by atoms with Crippen LogP contribution in [0.1, 0.15) is 32.6 Å². The lowest BCUT2D eigenvalue weighted by Crippen LogP contribution is -2.76. The Balaban J connectivity index is 1.48. The van der Waals surface area contributed by atoms with Gasteiger partial charge in [0.2, 0.25) is 0 Å². The molecule has 104 valence electrons. The molecule has 19 heavy (non-hydrogen) atoms. The second kappa shape index (κ2) is 3.63. The average Bonchev–Trinajstić information content (AvgIpc) is 2.76. The summed E-state index contributed by atoms with van der Waals surface area (Å²) >= 11 is 0. The normalized spacial score (nSPS) is 47.6. The number of hydrogen-bond donors (Lipinski definition) is 0. The van der Waals surface area contributed by atoms with Crippen LogP contribution in [-0.4, -0.2) is 46.7 Å². The van der Waals surface area contributed by atoms with Crippen molar-refractivity contribution in [1.29, 1.82) is 0 Å². The van der Waals surface area contributed by atoms with Crippen LogP contribution in [0.3, 0.4) is 0 Å². The van der Waals surface area contributed by atoms with E-state index in [2.05, 4.69) is 29.9 Å². The third-order valence-corrected chi connectivity index (χ3v) is 6.11. The van der Waals surface area contributed by atoms with Gasteiger partial charge in [0.1, 0.15) is 6.17 Å². The molecule has 4 saturated heterocycles. The SMILES string of the molecule is C=C(C1CC2CC3(C(=C)C)CC1N23)N1CCC(F)C1. The van der Waals surface area contributed by atoms with E-state index in [4.69, 9.17) is 0 Å². The summed E-state index contributed by atoms with van der Waals surface area (Å²) in [6.45, 7) is 12.1. The third-order valence-electron chi connectivity index (χ3n) is 6.11. The maximum Gasteiger partial charge on any atom is 0.119 e. The Hall–Kier alpha value is -0.830. The topological polar surface area (TPSA) is 6.48 Å². The monoisotopic (exact) mass is 262 g/mol. The molecule has 0 aliphatic carbocycles.